The van der Waals surface area contributed by atoms with Gasteiger partial charge in [-0.2, -0.15) is 0 Å². The maximum absolute atomic E-state index is 4.52. The number of halogens is 2. The first-order chi connectivity index (χ1) is 9.22. The van der Waals surface area contributed by atoms with Gasteiger partial charge in [-0.15, -0.1) is 0 Å². The van der Waals surface area contributed by atoms with Gasteiger partial charge in [-0.05, 0) is 76.1 Å². The van der Waals surface area contributed by atoms with Crippen LogP contribution in [0.2, 0.25) is 0 Å². The van der Waals surface area contributed by atoms with Gasteiger partial charge in [0.2, 0.25) is 0 Å². The molecule has 1 saturated heterocycles. The molecule has 2 fully saturated rings. The molecule has 0 spiro atoms. The fourth-order valence-electron chi connectivity index (χ4n) is 2.59. The number of nitrogens with one attached hydrogen (secondary N) is 1. The first-order valence-electron chi connectivity index (χ1n) is 7.02. The molecule has 1 saturated carbocycles. The van der Waals surface area contributed by atoms with Crippen molar-refractivity contribution >= 4 is 37.7 Å². The topological polar surface area (TPSA) is 28.2 Å². The van der Waals surface area contributed by atoms with Gasteiger partial charge in [-0.25, -0.2) is 4.98 Å². The predicted octanol–water partition coefficient (Wildman–Crippen LogP) is 3.58. The molecule has 3 nitrogen and oxygen atoms in total. The molecule has 2 heterocycles. The zero-order chi connectivity index (χ0) is 13.2. The largest absolute Gasteiger partial charge is 0.356 e. The Morgan fingerprint density at radius 3 is 2.58 bits per heavy atom. The third-order valence-electron chi connectivity index (χ3n) is 3.98. The minimum absolute atomic E-state index is 0.700. The van der Waals surface area contributed by atoms with Gasteiger partial charge >= 0.3 is 0 Å². The Morgan fingerprint density at radius 1 is 1.21 bits per heavy atom. The third-order valence-corrected chi connectivity index (χ3v) is 4.99. The highest BCUT2D eigenvalue weighted by atomic mass is 79.9. The molecule has 19 heavy (non-hydrogen) atoms. The molecule has 104 valence electrons. The first kappa shape index (κ1) is 13.8. The second-order valence-electron chi connectivity index (χ2n) is 5.57. The Kier molecular flexibility index (Phi) is 4.44. The van der Waals surface area contributed by atoms with Gasteiger partial charge in [-0.1, -0.05) is 0 Å². The molecule has 5 heteroatoms. The Hall–Kier alpha value is -0.130. The summed E-state index contributed by atoms with van der Waals surface area (Å²) in [6.45, 7) is 3.41. The van der Waals surface area contributed by atoms with E-state index in [-0.39, 0.29) is 0 Å². The summed E-state index contributed by atoms with van der Waals surface area (Å²) in [5, 5.41) is 3.71. The van der Waals surface area contributed by atoms with Crippen molar-refractivity contribution in [3.05, 3.63) is 21.2 Å². The fraction of sp³-hybridized carbons (Fsp3) is 0.643. The SMILES string of the molecule is Brc1cnc(N2CCC(NCC3CC3)CC2)c(Br)c1. The van der Waals surface area contributed by atoms with Crippen molar-refractivity contribution < 1.29 is 0 Å². The van der Waals surface area contributed by atoms with Crippen molar-refractivity contribution in [2.24, 2.45) is 5.92 Å². The summed E-state index contributed by atoms with van der Waals surface area (Å²) < 4.78 is 2.09. The lowest BCUT2D eigenvalue weighted by Crippen LogP contribution is -2.43. The molecule has 1 aromatic heterocycles. The van der Waals surface area contributed by atoms with Crippen molar-refractivity contribution in [2.75, 3.05) is 24.5 Å². The van der Waals surface area contributed by atoms with E-state index < -0.39 is 0 Å². The minimum Gasteiger partial charge on any atom is -0.356 e. The molecule has 1 aliphatic carbocycles. The highest BCUT2D eigenvalue weighted by Gasteiger charge is 2.25. The summed E-state index contributed by atoms with van der Waals surface area (Å²) in [6.07, 6.45) is 7.18. The number of piperidine rings is 1. The highest BCUT2D eigenvalue weighted by molar-refractivity contribution is 9.11. The monoisotopic (exact) mass is 387 g/mol. The molecule has 0 amide bonds. The predicted molar refractivity (Wildman–Crippen MR) is 85.6 cm³/mol. The van der Waals surface area contributed by atoms with Crippen molar-refractivity contribution in [1.29, 1.82) is 0 Å². The van der Waals surface area contributed by atoms with E-state index in [1.807, 2.05) is 6.20 Å². The summed E-state index contributed by atoms with van der Waals surface area (Å²) in [6, 6.07) is 2.77. The van der Waals surface area contributed by atoms with E-state index in [4.69, 9.17) is 0 Å². The van der Waals surface area contributed by atoms with Gasteiger partial charge < -0.3 is 10.2 Å². The van der Waals surface area contributed by atoms with E-state index in [1.54, 1.807) is 0 Å². The number of pyridine rings is 1. The molecular weight excluding hydrogens is 370 g/mol. The number of hydrogen-bond acceptors (Lipinski definition) is 3. The van der Waals surface area contributed by atoms with Crippen LogP contribution in [0.1, 0.15) is 25.7 Å². The maximum Gasteiger partial charge on any atom is 0.142 e. The van der Waals surface area contributed by atoms with Crippen molar-refractivity contribution in [3.63, 3.8) is 0 Å². The van der Waals surface area contributed by atoms with Crippen LogP contribution < -0.4 is 10.2 Å². The Morgan fingerprint density at radius 2 is 1.95 bits per heavy atom. The van der Waals surface area contributed by atoms with Crippen LogP contribution in [0.3, 0.4) is 0 Å². The van der Waals surface area contributed by atoms with E-state index in [0.717, 1.165) is 33.8 Å². The minimum atomic E-state index is 0.700. The molecule has 0 aromatic carbocycles. The molecule has 0 bridgehead atoms. The van der Waals surface area contributed by atoms with Gasteiger partial charge in [0, 0.05) is 29.8 Å². The van der Waals surface area contributed by atoms with E-state index >= 15 is 0 Å². The Labute approximate surface area is 131 Å². The smallest absolute Gasteiger partial charge is 0.142 e. The van der Waals surface area contributed by atoms with Crippen LogP contribution in [0.25, 0.3) is 0 Å². The molecule has 3 rings (SSSR count). The van der Waals surface area contributed by atoms with Gasteiger partial charge in [0.05, 0.1) is 4.47 Å². The number of rotatable bonds is 4. The molecule has 1 N–H and O–H groups in total. The van der Waals surface area contributed by atoms with E-state index in [0.29, 0.717) is 6.04 Å². The first-order valence-corrected chi connectivity index (χ1v) is 8.60. The van der Waals surface area contributed by atoms with Gasteiger partial charge in [-0.3, -0.25) is 0 Å². The number of aromatic nitrogens is 1. The van der Waals surface area contributed by atoms with Crippen LogP contribution in [0.15, 0.2) is 21.2 Å². The van der Waals surface area contributed by atoms with Crippen molar-refractivity contribution in [1.82, 2.24) is 10.3 Å². The van der Waals surface area contributed by atoms with Gasteiger partial charge in [0.15, 0.2) is 0 Å². The molecule has 2 aliphatic rings. The lowest BCUT2D eigenvalue weighted by molar-refractivity contribution is 0.407. The van der Waals surface area contributed by atoms with Crippen LogP contribution in [-0.4, -0.2) is 30.7 Å². The van der Waals surface area contributed by atoms with Crippen LogP contribution in [0.4, 0.5) is 5.82 Å². The zero-order valence-corrected chi connectivity index (χ0v) is 14.1. The summed E-state index contributed by atoms with van der Waals surface area (Å²) >= 11 is 7.05. The molecule has 0 atom stereocenters. The average molecular weight is 389 g/mol. The molecular formula is C14H19Br2N3. The van der Waals surface area contributed by atoms with Crippen LogP contribution in [0, 0.1) is 5.92 Å². The zero-order valence-electron chi connectivity index (χ0n) is 10.9. The van der Waals surface area contributed by atoms with E-state index in [2.05, 4.69) is 53.1 Å². The number of anilines is 1. The summed E-state index contributed by atoms with van der Waals surface area (Å²) in [7, 11) is 0. The molecule has 1 aliphatic heterocycles. The summed E-state index contributed by atoms with van der Waals surface area (Å²) in [5.74, 6) is 2.05. The van der Waals surface area contributed by atoms with Crippen molar-refractivity contribution in [3.8, 4) is 0 Å². The average Bonchev–Trinajstić information content (AvgIpc) is 3.21. The van der Waals surface area contributed by atoms with Gasteiger partial charge in [0.1, 0.15) is 5.82 Å². The Balaban J connectivity index is 1.53. The lowest BCUT2D eigenvalue weighted by atomic mass is 10.0. The van der Waals surface area contributed by atoms with E-state index in [1.165, 1.54) is 32.2 Å². The van der Waals surface area contributed by atoms with Crippen LogP contribution in [0.5, 0.6) is 0 Å². The fourth-order valence-corrected chi connectivity index (χ4v) is 3.83. The summed E-state index contributed by atoms with van der Waals surface area (Å²) in [5.41, 5.74) is 0. The molecule has 0 unspecified atom stereocenters. The normalized spacial score (nSPS) is 20.8. The van der Waals surface area contributed by atoms with E-state index in [9.17, 15) is 0 Å². The quantitative estimate of drug-likeness (QED) is 0.854. The van der Waals surface area contributed by atoms with Crippen LogP contribution >= 0.6 is 31.9 Å². The Bertz CT molecular complexity index is 440. The number of hydrogen-bond donors (Lipinski definition) is 1. The van der Waals surface area contributed by atoms with Crippen molar-refractivity contribution in [2.45, 2.75) is 31.7 Å². The van der Waals surface area contributed by atoms with Crippen LogP contribution in [-0.2, 0) is 0 Å². The molecule has 1 aromatic rings. The lowest BCUT2D eigenvalue weighted by Gasteiger charge is -2.33. The highest BCUT2D eigenvalue weighted by Crippen LogP contribution is 2.30. The third kappa shape index (κ3) is 3.70. The maximum atomic E-state index is 4.52. The molecule has 0 radical (unpaired) electrons. The number of nitrogens with zero attached hydrogens (tertiary/aromatic N) is 2. The van der Waals surface area contributed by atoms with Gasteiger partial charge in [0.25, 0.3) is 0 Å². The summed E-state index contributed by atoms with van der Waals surface area (Å²) in [4.78, 5) is 6.90. The second-order valence-corrected chi connectivity index (χ2v) is 7.34. The second kappa shape index (κ2) is 6.10. The standard InChI is InChI=1S/C14H19Br2N3/c15-11-7-13(16)14(18-9-11)19-5-3-12(4-6-19)17-8-10-1-2-10/h7,9-10,12,17H,1-6,8H2.